The maximum Gasteiger partial charge on any atom is 0.253 e. The summed E-state index contributed by atoms with van der Waals surface area (Å²) < 4.78 is 5.74. The molecule has 0 spiro atoms. The summed E-state index contributed by atoms with van der Waals surface area (Å²) in [5, 5.41) is 4.01. The molecule has 0 radical (unpaired) electrons. The van der Waals surface area contributed by atoms with Gasteiger partial charge >= 0.3 is 0 Å². The number of nitrogens with zero attached hydrogens (tertiary/aromatic N) is 1. The molecule has 2 aliphatic rings. The highest BCUT2D eigenvalue weighted by Gasteiger charge is 2.28. The van der Waals surface area contributed by atoms with Gasteiger partial charge in [0.25, 0.3) is 5.91 Å². The first kappa shape index (κ1) is 19.1. The number of ether oxygens (including phenoxy) is 1. The minimum absolute atomic E-state index is 0. The Hall–Kier alpha value is -1.23. The van der Waals surface area contributed by atoms with Gasteiger partial charge in [0, 0.05) is 23.2 Å². The molecule has 2 heterocycles. The molecule has 0 bridgehead atoms. The molecule has 1 aromatic carbocycles. The standard InChI is InChI=1S/C18H23ClN2O2.ClH/c1-2-9-21(16-5-7-20-8-6-16)18(22)14-10-13-11-15(19)3-4-17(13)23-12-14;/h3-4,10-11,16,20H,2,5-9,12H2,1H3;1H. The maximum absolute atomic E-state index is 13.0. The SMILES string of the molecule is CCCN(C(=O)C1=Cc2cc(Cl)ccc2OC1)C1CCNCC1.Cl. The van der Waals surface area contributed by atoms with Crippen LogP contribution in [0, 0.1) is 0 Å². The van der Waals surface area contributed by atoms with Gasteiger partial charge in [-0.2, -0.15) is 0 Å². The smallest absolute Gasteiger partial charge is 0.253 e. The van der Waals surface area contributed by atoms with Gasteiger partial charge in [-0.25, -0.2) is 0 Å². The zero-order chi connectivity index (χ0) is 16.2. The highest BCUT2D eigenvalue weighted by Crippen LogP contribution is 2.30. The van der Waals surface area contributed by atoms with Crippen molar-refractivity contribution < 1.29 is 9.53 Å². The summed E-state index contributed by atoms with van der Waals surface area (Å²) in [5.74, 6) is 0.888. The van der Waals surface area contributed by atoms with Gasteiger partial charge in [-0.3, -0.25) is 4.79 Å². The van der Waals surface area contributed by atoms with E-state index in [1.54, 1.807) is 6.07 Å². The average Bonchev–Trinajstić information content (AvgIpc) is 2.59. The zero-order valence-electron chi connectivity index (χ0n) is 13.9. The number of nitrogens with one attached hydrogen (secondary N) is 1. The fourth-order valence-electron chi connectivity index (χ4n) is 3.27. The van der Waals surface area contributed by atoms with Crippen LogP contribution in [0.5, 0.6) is 5.75 Å². The summed E-state index contributed by atoms with van der Waals surface area (Å²) in [6.07, 6.45) is 4.92. The monoisotopic (exact) mass is 370 g/mol. The van der Waals surface area contributed by atoms with E-state index in [1.807, 2.05) is 23.1 Å². The van der Waals surface area contributed by atoms with Crippen LogP contribution in [0.15, 0.2) is 23.8 Å². The lowest BCUT2D eigenvalue weighted by atomic mass is 10.0. The molecule has 4 nitrogen and oxygen atoms in total. The van der Waals surface area contributed by atoms with E-state index in [4.69, 9.17) is 16.3 Å². The van der Waals surface area contributed by atoms with Gasteiger partial charge in [-0.1, -0.05) is 18.5 Å². The van der Waals surface area contributed by atoms with Crippen LogP contribution in [-0.2, 0) is 4.79 Å². The molecule has 0 unspecified atom stereocenters. The Labute approximate surface area is 154 Å². The van der Waals surface area contributed by atoms with Crippen LogP contribution in [0.4, 0.5) is 0 Å². The third kappa shape index (κ3) is 4.24. The Bertz CT molecular complexity index is 613. The Morgan fingerprint density at radius 1 is 1.38 bits per heavy atom. The van der Waals surface area contributed by atoms with Gasteiger partial charge in [0.1, 0.15) is 12.4 Å². The molecule has 1 amide bonds. The van der Waals surface area contributed by atoms with Crippen molar-refractivity contribution in [2.75, 3.05) is 26.2 Å². The van der Waals surface area contributed by atoms with Crippen molar-refractivity contribution in [3.05, 3.63) is 34.4 Å². The largest absolute Gasteiger partial charge is 0.488 e. The minimum atomic E-state index is 0. The lowest BCUT2D eigenvalue weighted by molar-refractivity contribution is -0.130. The van der Waals surface area contributed by atoms with Crippen molar-refractivity contribution in [2.45, 2.75) is 32.2 Å². The molecule has 1 fully saturated rings. The first-order valence-corrected chi connectivity index (χ1v) is 8.71. The highest BCUT2D eigenvalue weighted by molar-refractivity contribution is 6.30. The van der Waals surface area contributed by atoms with Crippen LogP contribution in [-0.4, -0.2) is 43.1 Å². The fraction of sp³-hybridized carbons (Fsp3) is 0.500. The predicted molar refractivity (Wildman–Crippen MR) is 100 cm³/mol. The number of carbonyl (C=O) groups excluding carboxylic acids is 1. The van der Waals surface area contributed by atoms with Gasteiger partial charge in [-0.15, -0.1) is 12.4 Å². The molecule has 0 saturated carbocycles. The quantitative estimate of drug-likeness (QED) is 0.881. The van der Waals surface area contributed by atoms with Crippen molar-refractivity contribution in [1.82, 2.24) is 10.2 Å². The van der Waals surface area contributed by atoms with Crippen LogP contribution < -0.4 is 10.1 Å². The lowest BCUT2D eigenvalue weighted by Gasteiger charge is -2.35. The van der Waals surface area contributed by atoms with Crippen molar-refractivity contribution in [2.24, 2.45) is 0 Å². The Kier molecular flexibility index (Phi) is 6.96. The third-order valence-corrected chi connectivity index (χ3v) is 4.67. The van der Waals surface area contributed by atoms with E-state index in [-0.39, 0.29) is 18.3 Å². The van der Waals surface area contributed by atoms with Crippen LogP contribution >= 0.6 is 24.0 Å². The van der Waals surface area contributed by atoms with Crippen molar-refractivity contribution in [1.29, 1.82) is 0 Å². The summed E-state index contributed by atoms with van der Waals surface area (Å²) in [7, 11) is 0. The molecule has 0 atom stereocenters. The molecular formula is C18H24Cl2N2O2. The number of halogens is 2. The number of hydrogen-bond acceptors (Lipinski definition) is 3. The average molecular weight is 371 g/mol. The predicted octanol–water partition coefficient (Wildman–Crippen LogP) is 3.53. The minimum Gasteiger partial charge on any atom is -0.488 e. The van der Waals surface area contributed by atoms with Gasteiger partial charge in [0.15, 0.2) is 0 Å². The molecule has 2 aliphatic heterocycles. The summed E-state index contributed by atoms with van der Waals surface area (Å²) >= 11 is 6.05. The summed E-state index contributed by atoms with van der Waals surface area (Å²) in [6.45, 7) is 5.20. The third-order valence-electron chi connectivity index (χ3n) is 4.43. The Balaban J connectivity index is 0.00000208. The van der Waals surface area contributed by atoms with Crippen LogP contribution in [0.3, 0.4) is 0 Å². The zero-order valence-corrected chi connectivity index (χ0v) is 15.5. The number of hydrogen-bond donors (Lipinski definition) is 1. The van der Waals surface area contributed by atoms with Gasteiger partial charge < -0.3 is 15.0 Å². The fourth-order valence-corrected chi connectivity index (χ4v) is 3.45. The first-order chi connectivity index (χ1) is 11.2. The molecule has 0 aliphatic carbocycles. The van der Waals surface area contributed by atoms with Crippen LogP contribution in [0.2, 0.25) is 5.02 Å². The second kappa shape index (κ2) is 8.75. The lowest BCUT2D eigenvalue weighted by Crippen LogP contribution is -2.47. The van der Waals surface area contributed by atoms with Crippen LogP contribution in [0.1, 0.15) is 31.7 Å². The Morgan fingerprint density at radius 3 is 2.83 bits per heavy atom. The normalized spacial score (nSPS) is 17.2. The topological polar surface area (TPSA) is 41.6 Å². The molecule has 3 rings (SSSR count). The molecule has 6 heteroatoms. The number of rotatable bonds is 4. The molecule has 24 heavy (non-hydrogen) atoms. The van der Waals surface area contributed by atoms with Crippen LogP contribution in [0.25, 0.3) is 6.08 Å². The van der Waals surface area contributed by atoms with Crippen molar-refractivity contribution in [3.63, 3.8) is 0 Å². The van der Waals surface area contributed by atoms with Gasteiger partial charge in [-0.05, 0) is 56.6 Å². The summed E-state index contributed by atoms with van der Waals surface area (Å²) in [4.78, 5) is 15.0. The molecule has 0 aromatic heterocycles. The second-order valence-electron chi connectivity index (χ2n) is 6.12. The van der Waals surface area contributed by atoms with Gasteiger partial charge in [0.05, 0.1) is 5.57 Å². The van der Waals surface area contributed by atoms with Gasteiger partial charge in [0.2, 0.25) is 0 Å². The summed E-state index contributed by atoms with van der Waals surface area (Å²) in [5.41, 5.74) is 1.60. The van der Waals surface area contributed by atoms with E-state index in [0.717, 1.165) is 50.2 Å². The van der Waals surface area contributed by atoms with E-state index >= 15 is 0 Å². The van der Waals surface area contributed by atoms with E-state index < -0.39 is 0 Å². The van der Waals surface area contributed by atoms with Crippen molar-refractivity contribution in [3.8, 4) is 5.75 Å². The molecular weight excluding hydrogens is 347 g/mol. The van der Waals surface area contributed by atoms with E-state index in [2.05, 4.69) is 12.2 Å². The Morgan fingerprint density at radius 2 is 2.12 bits per heavy atom. The maximum atomic E-state index is 13.0. The first-order valence-electron chi connectivity index (χ1n) is 8.33. The van der Waals surface area contributed by atoms with E-state index in [9.17, 15) is 4.79 Å². The number of amides is 1. The molecule has 1 N–H and O–H groups in total. The summed E-state index contributed by atoms with van der Waals surface area (Å²) in [6, 6.07) is 5.83. The molecule has 1 aromatic rings. The van der Waals surface area contributed by atoms with E-state index in [1.165, 1.54) is 0 Å². The number of fused-ring (bicyclic) bond motifs is 1. The van der Waals surface area contributed by atoms with E-state index in [0.29, 0.717) is 23.2 Å². The molecule has 132 valence electrons. The number of piperidine rings is 1. The highest BCUT2D eigenvalue weighted by atomic mass is 35.5. The van der Waals surface area contributed by atoms with Crippen molar-refractivity contribution >= 4 is 36.0 Å². The second-order valence-corrected chi connectivity index (χ2v) is 6.56. The number of carbonyl (C=O) groups is 1. The molecule has 1 saturated heterocycles. The number of benzene rings is 1.